The molecular weight excluding hydrogens is 340 g/mol. The first-order chi connectivity index (χ1) is 12.9. The topological polar surface area (TPSA) is 72.2 Å². The van der Waals surface area contributed by atoms with Crippen molar-refractivity contribution in [3.63, 3.8) is 0 Å². The molecule has 2 aliphatic carbocycles. The van der Waals surface area contributed by atoms with Crippen LogP contribution in [-0.4, -0.2) is 26.6 Å². The van der Waals surface area contributed by atoms with Gasteiger partial charge in [-0.2, -0.15) is 5.10 Å². The van der Waals surface area contributed by atoms with Crippen LogP contribution in [0.3, 0.4) is 0 Å². The second kappa shape index (κ2) is 7.58. The van der Waals surface area contributed by atoms with Gasteiger partial charge in [0.25, 0.3) is 0 Å². The van der Waals surface area contributed by atoms with Gasteiger partial charge in [0.15, 0.2) is 5.78 Å². The summed E-state index contributed by atoms with van der Waals surface area (Å²) in [5.74, 6) is -0.937. The summed E-state index contributed by atoms with van der Waals surface area (Å²) in [6, 6.07) is 17.3. The molecule has 0 saturated heterocycles. The Kier molecular flexibility index (Phi) is 5.21. The van der Waals surface area contributed by atoms with Crippen molar-refractivity contribution in [2.45, 2.75) is 33.2 Å². The number of carbonyl (C=O) groups is 2. The van der Waals surface area contributed by atoms with Gasteiger partial charge in [0.1, 0.15) is 6.04 Å². The number of rotatable bonds is 5. The second-order valence-corrected chi connectivity index (χ2v) is 6.67. The Morgan fingerprint density at radius 3 is 1.96 bits per heavy atom. The SMILES string of the molecule is CC(=O)C(c1ccccc1)n1nc(C)c(CC(=O)O)c1C.c1cc2ccc1-2. The molecule has 1 N–H and O–H groups in total. The molecule has 0 saturated carbocycles. The predicted molar refractivity (Wildman–Crippen MR) is 104 cm³/mol. The predicted octanol–water partition coefficient (Wildman–Crippen LogP) is 3.97. The summed E-state index contributed by atoms with van der Waals surface area (Å²) in [4.78, 5) is 23.0. The largest absolute Gasteiger partial charge is 0.481 e. The van der Waals surface area contributed by atoms with Crippen molar-refractivity contribution in [2.24, 2.45) is 0 Å². The molecule has 27 heavy (non-hydrogen) atoms. The number of carboxylic acid groups (broad SMARTS) is 1. The monoisotopic (exact) mass is 362 g/mol. The minimum absolute atomic E-state index is 0.0336. The first-order valence-electron chi connectivity index (χ1n) is 8.80. The Bertz CT molecular complexity index is 952. The third-order valence-electron chi connectivity index (χ3n) is 4.77. The summed E-state index contributed by atoms with van der Waals surface area (Å²) in [7, 11) is 0. The zero-order valence-electron chi connectivity index (χ0n) is 15.6. The molecule has 1 aromatic heterocycles. The number of hydrogen-bond donors (Lipinski definition) is 1. The molecule has 0 amide bonds. The number of benzene rings is 2. The van der Waals surface area contributed by atoms with Gasteiger partial charge >= 0.3 is 5.97 Å². The average molecular weight is 362 g/mol. The number of carbonyl (C=O) groups excluding carboxylic acids is 1. The van der Waals surface area contributed by atoms with E-state index in [1.54, 1.807) is 18.5 Å². The summed E-state index contributed by atoms with van der Waals surface area (Å²) < 4.78 is 1.63. The molecule has 4 rings (SSSR count). The Morgan fingerprint density at radius 1 is 1.00 bits per heavy atom. The summed E-state index contributed by atoms with van der Waals surface area (Å²) in [6.07, 6.45) is -0.0862. The first kappa shape index (κ1) is 18.6. The molecule has 0 spiro atoms. The molecule has 1 unspecified atom stereocenters. The average Bonchev–Trinajstić information content (AvgIpc) is 2.87. The highest BCUT2D eigenvalue weighted by Gasteiger charge is 2.24. The van der Waals surface area contributed by atoms with E-state index in [-0.39, 0.29) is 12.2 Å². The van der Waals surface area contributed by atoms with Crippen LogP contribution in [0, 0.1) is 13.8 Å². The Hall–Kier alpha value is -3.21. The van der Waals surface area contributed by atoms with Crippen molar-refractivity contribution in [2.75, 3.05) is 0 Å². The lowest BCUT2D eigenvalue weighted by Gasteiger charge is -2.17. The van der Waals surface area contributed by atoms with E-state index in [9.17, 15) is 9.59 Å². The highest BCUT2D eigenvalue weighted by Crippen LogP contribution is 2.29. The van der Waals surface area contributed by atoms with Crippen LogP contribution >= 0.6 is 0 Å². The van der Waals surface area contributed by atoms with Crippen molar-refractivity contribution >= 4 is 11.8 Å². The van der Waals surface area contributed by atoms with Gasteiger partial charge in [-0.25, -0.2) is 0 Å². The van der Waals surface area contributed by atoms with Crippen LogP contribution < -0.4 is 0 Å². The quantitative estimate of drug-likeness (QED) is 0.583. The fourth-order valence-electron chi connectivity index (χ4n) is 3.20. The maximum absolute atomic E-state index is 12.1. The van der Waals surface area contributed by atoms with E-state index in [1.165, 1.54) is 18.1 Å². The minimum Gasteiger partial charge on any atom is -0.481 e. The van der Waals surface area contributed by atoms with Gasteiger partial charge in [-0.1, -0.05) is 54.6 Å². The van der Waals surface area contributed by atoms with Crippen molar-refractivity contribution in [1.29, 1.82) is 0 Å². The third-order valence-corrected chi connectivity index (χ3v) is 4.77. The number of nitrogens with zero attached hydrogens (tertiary/aromatic N) is 2. The molecule has 2 aliphatic rings. The van der Waals surface area contributed by atoms with Crippen molar-refractivity contribution < 1.29 is 14.7 Å². The highest BCUT2D eigenvalue weighted by atomic mass is 16.4. The fourth-order valence-corrected chi connectivity index (χ4v) is 3.20. The fraction of sp³-hybridized carbons (Fsp3) is 0.227. The standard InChI is InChI=1S/C16H18N2O3.C6H4/c1-10-14(9-15(20)21)11(2)18(17-10)16(12(3)19)13-7-5-4-6-8-13;1-2-6-4-3-5(1)6/h4-8,16H,9H2,1-3H3,(H,20,21);1-4H. The molecule has 0 radical (unpaired) electrons. The normalized spacial score (nSPS) is 12.0. The second-order valence-electron chi connectivity index (χ2n) is 6.67. The van der Waals surface area contributed by atoms with Crippen molar-refractivity contribution in [3.05, 3.63) is 77.1 Å². The maximum atomic E-state index is 12.1. The smallest absolute Gasteiger partial charge is 0.307 e. The molecule has 2 aromatic rings. The van der Waals surface area contributed by atoms with E-state index < -0.39 is 12.0 Å². The van der Waals surface area contributed by atoms with Gasteiger partial charge in [-0.05, 0) is 37.5 Å². The van der Waals surface area contributed by atoms with Gasteiger partial charge in [-0.15, -0.1) is 0 Å². The number of fused-ring (bicyclic) bond motifs is 1. The minimum atomic E-state index is -0.903. The van der Waals surface area contributed by atoms with E-state index in [0.29, 0.717) is 11.3 Å². The van der Waals surface area contributed by atoms with Gasteiger partial charge in [-0.3, -0.25) is 14.3 Å². The van der Waals surface area contributed by atoms with E-state index in [4.69, 9.17) is 5.11 Å². The van der Waals surface area contributed by atoms with Crippen LogP contribution in [0.15, 0.2) is 54.6 Å². The van der Waals surface area contributed by atoms with Crippen LogP contribution in [0.1, 0.15) is 35.5 Å². The lowest BCUT2D eigenvalue weighted by atomic mass is 9.95. The third kappa shape index (κ3) is 3.82. The van der Waals surface area contributed by atoms with E-state index in [0.717, 1.165) is 11.3 Å². The van der Waals surface area contributed by atoms with Crippen LogP contribution in [0.2, 0.25) is 0 Å². The van der Waals surface area contributed by atoms with Gasteiger partial charge in [0.2, 0.25) is 0 Å². The van der Waals surface area contributed by atoms with E-state index in [2.05, 4.69) is 29.4 Å². The number of aryl methyl sites for hydroxylation is 1. The molecule has 1 heterocycles. The number of aliphatic carboxylic acids is 1. The van der Waals surface area contributed by atoms with Gasteiger partial charge < -0.3 is 5.11 Å². The highest BCUT2D eigenvalue weighted by molar-refractivity contribution is 5.83. The Balaban J connectivity index is 0.000000290. The Labute approximate surface area is 158 Å². The summed E-state index contributed by atoms with van der Waals surface area (Å²) in [5, 5.41) is 13.4. The number of hydrogen-bond acceptors (Lipinski definition) is 3. The van der Waals surface area contributed by atoms with Crippen LogP contribution in [-0.2, 0) is 16.0 Å². The molecule has 1 aromatic carbocycles. The summed E-state index contributed by atoms with van der Waals surface area (Å²) in [6.45, 7) is 5.09. The molecule has 5 heteroatoms. The zero-order valence-corrected chi connectivity index (χ0v) is 15.6. The van der Waals surface area contributed by atoms with Crippen LogP contribution in [0.4, 0.5) is 0 Å². The van der Waals surface area contributed by atoms with Crippen molar-refractivity contribution in [1.82, 2.24) is 9.78 Å². The van der Waals surface area contributed by atoms with Gasteiger partial charge in [0.05, 0.1) is 12.1 Å². The molecule has 0 aliphatic heterocycles. The van der Waals surface area contributed by atoms with Crippen LogP contribution in [0.5, 0.6) is 0 Å². The maximum Gasteiger partial charge on any atom is 0.307 e. The molecule has 1 atom stereocenters. The molecule has 138 valence electrons. The zero-order chi connectivity index (χ0) is 19.6. The van der Waals surface area contributed by atoms with Gasteiger partial charge in [0, 0.05) is 11.3 Å². The lowest BCUT2D eigenvalue weighted by Crippen LogP contribution is -2.21. The molecule has 5 nitrogen and oxygen atoms in total. The first-order valence-corrected chi connectivity index (χ1v) is 8.80. The number of ketones is 1. The lowest BCUT2D eigenvalue weighted by molar-refractivity contribution is -0.136. The Morgan fingerprint density at radius 2 is 1.56 bits per heavy atom. The van der Waals surface area contributed by atoms with E-state index >= 15 is 0 Å². The summed E-state index contributed by atoms with van der Waals surface area (Å²) >= 11 is 0. The molecule has 0 bridgehead atoms. The summed E-state index contributed by atoms with van der Waals surface area (Å²) in [5.41, 5.74) is 5.74. The molecule has 0 fully saturated rings. The number of Topliss-reactive ketones (excluding diaryl/α,β-unsaturated/α-hetero) is 1. The number of carboxylic acids is 1. The molecular formula is C22H22N2O3. The van der Waals surface area contributed by atoms with Crippen molar-refractivity contribution in [3.8, 4) is 11.1 Å². The van der Waals surface area contributed by atoms with E-state index in [1.807, 2.05) is 30.3 Å². The van der Waals surface area contributed by atoms with Crippen LogP contribution in [0.25, 0.3) is 11.1 Å². The number of aromatic nitrogens is 2.